The molecule has 0 bridgehead atoms. The van der Waals surface area contributed by atoms with Gasteiger partial charge in [0.05, 0.1) is 5.69 Å². The Balaban J connectivity index is 1.76. The monoisotopic (exact) mass is 357 g/mol. The van der Waals surface area contributed by atoms with Crippen LogP contribution in [0.2, 0.25) is 0 Å². The number of H-pyrrole nitrogens is 1. The summed E-state index contributed by atoms with van der Waals surface area (Å²) in [5.41, 5.74) is 2.13. The highest BCUT2D eigenvalue weighted by Gasteiger charge is 2.15. The molecule has 0 aliphatic rings. The van der Waals surface area contributed by atoms with Crippen molar-refractivity contribution in [3.05, 3.63) is 39.6 Å². The van der Waals surface area contributed by atoms with Crippen LogP contribution in [0.25, 0.3) is 5.78 Å². The van der Waals surface area contributed by atoms with Crippen molar-refractivity contribution in [1.82, 2.24) is 29.4 Å². The number of nitrogens with one attached hydrogen (secondary N) is 2. The van der Waals surface area contributed by atoms with E-state index in [0.29, 0.717) is 30.0 Å². The van der Waals surface area contributed by atoms with Gasteiger partial charge in [-0.1, -0.05) is 13.8 Å². The van der Waals surface area contributed by atoms with E-state index in [1.54, 1.807) is 17.8 Å². The van der Waals surface area contributed by atoms with Gasteiger partial charge in [0.1, 0.15) is 0 Å². The highest BCUT2D eigenvalue weighted by atomic mass is 16.2. The molecule has 0 aliphatic carbocycles. The first-order chi connectivity index (χ1) is 12.3. The topological polar surface area (TPSA) is 110 Å². The fourth-order valence-electron chi connectivity index (χ4n) is 2.84. The van der Waals surface area contributed by atoms with Crippen LogP contribution in [0.1, 0.15) is 37.2 Å². The summed E-state index contributed by atoms with van der Waals surface area (Å²) in [6.07, 6.45) is 3.20. The number of aromatic amines is 1. The van der Waals surface area contributed by atoms with Crippen molar-refractivity contribution < 1.29 is 4.79 Å². The smallest absolute Gasteiger partial charge is 0.277 e. The van der Waals surface area contributed by atoms with Crippen LogP contribution in [-0.2, 0) is 24.7 Å². The molecule has 0 spiro atoms. The first kappa shape index (κ1) is 17.8. The van der Waals surface area contributed by atoms with E-state index in [1.165, 1.54) is 4.52 Å². The summed E-state index contributed by atoms with van der Waals surface area (Å²) in [6, 6.07) is 1.87. The van der Waals surface area contributed by atoms with E-state index in [-0.39, 0.29) is 29.6 Å². The van der Waals surface area contributed by atoms with E-state index in [1.807, 2.05) is 13.1 Å². The van der Waals surface area contributed by atoms with Gasteiger partial charge in [-0.3, -0.25) is 24.7 Å². The van der Waals surface area contributed by atoms with Crippen LogP contribution in [0.3, 0.4) is 0 Å². The summed E-state index contributed by atoms with van der Waals surface area (Å²) in [7, 11) is 1.83. The second-order valence-corrected chi connectivity index (χ2v) is 6.78. The molecule has 0 fully saturated rings. The van der Waals surface area contributed by atoms with Gasteiger partial charge in [-0.25, -0.2) is 4.98 Å². The number of amides is 1. The Morgan fingerprint density at radius 3 is 2.77 bits per heavy atom. The number of aromatic nitrogens is 6. The number of nitrogens with zero attached hydrogens (tertiary/aromatic N) is 5. The van der Waals surface area contributed by atoms with Gasteiger partial charge in [-0.05, 0) is 31.7 Å². The number of fused-ring (bicyclic) bond motifs is 1. The second-order valence-electron chi connectivity index (χ2n) is 6.78. The summed E-state index contributed by atoms with van der Waals surface area (Å²) in [5.74, 6) is 0.612. The first-order valence-electron chi connectivity index (χ1n) is 8.60. The molecule has 26 heavy (non-hydrogen) atoms. The Morgan fingerprint density at radius 2 is 2.12 bits per heavy atom. The van der Waals surface area contributed by atoms with Crippen LogP contribution in [0, 0.1) is 12.8 Å². The third-order valence-corrected chi connectivity index (χ3v) is 4.20. The number of carbonyl (C=O) groups is 1. The number of rotatable bonds is 6. The quantitative estimate of drug-likeness (QED) is 0.689. The molecule has 0 radical (unpaired) electrons. The van der Waals surface area contributed by atoms with Gasteiger partial charge in [0.15, 0.2) is 0 Å². The zero-order chi connectivity index (χ0) is 18.8. The number of hydrogen-bond donors (Lipinski definition) is 2. The lowest BCUT2D eigenvalue weighted by Crippen LogP contribution is -2.23. The molecule has 3 aromatic rings. The van der Waals surface area contributed by atoms with Gasteiger partial charge >= 0.3 is 0 Å². The van der Waals surface area contributed by atoms with Crippen LogP contribution < -0.4 is 10.9 Å². The summed E-state index contributed by atoms with van der Waals surface area (Å²) in [4.78, 5) is 33.4. The van der Waals surface area contributed by atoms with E-state index in [9.17, 15) is 9.59 Å². The van der Waals surface area contributed by atoms with Crippen molar-refractivity contribution in [3.63, 3.8) is 0 Å². The minimum Gasteiger partial charge on any atom is -0.295 e. The highest BCUT2D eigenvalue weighted by Crippen LogP contribution is 2.10. The molecule has 2 N–H and O–H groups in total. The SMILES string of the molecule is Cc1nc2nc(NC(=O)CCc3ccnn3C)[nH]n2c(=O)c1CC(C)C. The summed E-state index contributed by atoms with van der Waals surface area (Å²) in [6.45, 7) is 5.91. The van der Waals surface area contributed by atoms with Crippen molar-refractivity contribution in [1.29, 1.82) is 0 Å². The third-order valence-electron chi connectivity index (χ3n) is 4.20. The van der Waals surface area contributed by atoms with Gasteiger partial charge in [0.25, 0.3) is 11.3 Å². The maximum atomic E-state index is 12.6. The Morgan fingerprint density at radius 1 is 1.35 bits per heavy atom. The summed E-state index contributed by atoms with van der Waals surface area (Å²) >= 11 is 0. The molecule has 0 atom stereocenters. The Kier molecular flexibility index (Phi) is 4.88. The molecule has 0 aliphatic heterocycles. The van der Waals surface area contributed by atoms with E-state index in [2.05, 4.69) is 39.3 Å². The second kappa shape index (κ2) is 7.11. The number of anilines is 1. The fraction of sp³-hybridized carbons (Fsp3) is 0.471. The van der Waals surface area contributed by atoms with Gasteiger partial charge in [-0.15, -0.1) is 0 Å². The largest absolute Gasteiger partial charge is 0.295 e. The first-order valence-corrected chi connectivity index (χ1v) is 8.60. The molecule has 3 rings (SSSR count). The van der Waals surface area contributed by atoms with Crippen molar-refractivity contribution in [3.8, 4) is 0 Å². The fourth-order valence-corrected chi connectivity index (χ4v) is 2.84. The third kappa shape index (κ3) is 3.66. The molecule has 9 nitrogen and oxygen atoms in total. The lowest BCUT2D eigenvalue weighted by Gasteiger charge is -2.06. The molecular weight excluding hydrogens is 334 g/mol. The number of aryl methyl sites for hydroxylation is 3. The average Bonchev–Trinajstić information content (AvgIpc) is 3.15. The molecule has 0 unspecified atom stereocenters. The molecule has 0 saturated carbocycles. The molecule has 138 valence electrons. The van der Waals surface area contributed by atoms with Gasteiger partial charge in [0.2, 0.25) is 11.9 Å². The predicted octanol–water partition coefficient (Wildman–Crippen LogP) is 1.23. The van der Waals surface area contributed by atoms with Crippen molar-refractivity contribution in [2.24, 2.45) is 13.0 Å². The molecule has 0 aromatic carbocycles. The van der Waals surface area contributed by atoms with Crippen molar-refractivity contribution in [2.75, 3.05) is 5.32 Å². The zero-order valence-corrected chi connectivity index (χ0v) is 15.4. The van der Waals surface area contributed by atoms with Crippen molar-refractivity contribution in [2.45, 2.75) is 40.0 Å². The summed E-state index contributed by atoms with van der Waals surface area (Å²) in [5, 5.41) is 9.58. The molecule has 9 heteroatoms. The van der Waals surface area contributed by atoms with Crippen LogP contribution in [0.5, 0.6) is 0 Å². The molecular formula is C17H23N7O2. The lowest BCUT2D eigenvalue weighted by atomic mass is 10.0. The van der Waals surface area contributed by atoms with Gasteiger partial charge in [-0.2, -0.15) is 14.6 Å². The van der Waals surface area contributed by atoms with Crippen LogP contribution in [-0.4, -0.2) is 35.3 Å². The normalized spacial score (nSPS) is 11.4. The van der Waals surface area contributed by atoms with Crippen LogP contribution in [0.4, 0.5) is 5.95 Å². The van der Waals surface area contributed by atoms with E-state index in [4.69, 9.17) is 0 Å². The van der Waals surface area contributed by atoms with Crippen LogP contribution in [0.15, 0.2) is 17.1 Å². The van der Waals surface area contributed by atoms with E-state index >= 15 is 0 Å². The zero-order valence-electron chi connectivity index (χ0n) is 15.4. The number of hydrogen-bond acceptors (Lipinski definition) is 5. The molecule has 3 aromatic heterocycles. The Hall–Kier alpha value is -2.97. The Labute approximate surface area is 150 Å². The van der Waals surface area contributed by atoms with E-state index < -0.39 is 0 Å². The standard InChI is InChI=1S/C17H23N7O2/c1-10(2)9-13-11(3)19-17-21-16(22-24(17)15(13)26)20-14(25)6-5-12-7-8-18-23(12)4/h7-8,10H,5-6,9H2,1-4H3,(H2,19,20,21,22,25). The maximum Gasteiger partial charge on any atom is 0.277 e. The highest BCUT2D eigenvalue weighted by molar-refractivity contribution is 5.89. The number of carbonyl (C=O) groups excluding carboxylic acids is 1. The Bertz CT molecular complexity index is 996. The van der Waals surface area contributed by atoms with Crippen LogP contribution >= 0.6 is 0 Å². The van der Waals surface area contributed by atoms with Gasteiger partial charge < -0.3 is 0 Å². The lowest BCUT2D eigenvalue weighted by molar-refractivity contribution is -0.116. The average molecular weight is 357 g/mol. The molecule has 1 amide bonds. The molecule has 3 heterocycles. The summed E-state index contributed by atoms with van der Waals surface area (Å²) < 4.78 is 3.01. The minimum absolute atomic E-state index is 0.177. The van der Waals surface area contributed by atoms with Gasteiger partial charge in [0, 0.05) is 30.9 Å². The minimum atomic E-state index is -0.197. The maximum absolute atomic E-state index is 12.6. The van der Waals surface area contributed by atoms with E-state index in [0.717, 1.165) is 5.69 Å². The van der Waals surface area contributed by atoms with Crippen molar-refractivity contribution >= 4 is 17.6 Å². The molecule has 0 saturated heterocycles. The predicted molar refractivity (Wildman–Crippen MR) is 97.0 cm³/mol.